The van der Waals surface area contributed by atoms with E-state index < -0.39 is 17.8 Å². The predicted octanol–water partition coefficient (Wildman–Crippen LogP) is 4.37. The number of hydrogen-bond acceptors (Lipinski definition) is 7. The molecular formula is C24H22Cl2FN5O4. The number of carbonyl (C=O) groups excluding carboxylic acids is 2. The fraction of sp³-hybridized carbons (Fsp3) is 0.250. The highest BCUT2D eigenvalue weighted by Gasteiger charge is 2.22. The van der Waals surface area contributed by atoms with Crippen molar-refractivity contribution in [3.05, 3.63) is 75.1 Å². The maximum atomic E-state index is 13.9. The molecule has 12 heteroatoms. The molecule has 1 unspecified atom stereocenters. The lowest BCUT2D eigenvalue weighted by Gasteiger charge is -2.26. The lowest BCUT2D eigenvalue weighted by atomic mass is 10.1. The average molecular weight is 534 g/mol. The van der Waals surface area contributed by atoms with E-state index in [0.29, 0.717) is 37.6 Å². The lowest BCUT2D eigenvalue weighted by molar-refractivity contribution is 0.0303. The third-order valence-electron chi connectivity index (χ3n) is 5.50. The molecule has 0 saturated carbocycles. The minimum atomic E-state index is -0.806. The van der Waals surface area contributed by atoms with Crippen LogP contribution in [0.3, 0.4) is 0 Å². The number of aromatic nitrogens is 2. The van der Waals surface area contributed by atoms with E-state index in [0.717, 1.165) is 6.07 Å². The van der Waals surface area contributed by atoms with Gasteiger partial charge in [-0.2, -0.15) is 0 Å². The van der Waals surface area contributed by atoms with E-state index in [-0.39, 0.29) is 38.8 Å². The Bertz CT molecular complexity index is 1290. The number of nitrogens with one attached hydrogen (secondary N) is 1. The van der Waals surface area contributed by atoms with Crippen molar-refractivity contribution in [2.45, 2.75) is 13.0 Å². The molecule has 1 fully saturated rings. The quantitative estimate of drug-likeness (QED) is 0.451. The van der Waals surface area contributed by atoms with Gasteiger partial charge >= 0.3 is 0 Å². The van der Waals surface area contributed by atoms with E-state index in [1.165, 1.54) is 12.1 Å². The molecule has 3 aromatic rings. The fourth-order valence-electron chi connectivity index (χ4n) is 3.59. The first-order valence-electron chi connectivity index (χ1n) is 11.0. The van der Waals surface area contributed by atoms with Crippen molar-refractivity contribution in [1.29, 1.82) is 0 Å². The number of nitrogens with zero attached hydrogens (tertiary/aromatic N) is 3. The van der Waals surface area contributed by atoms with Crippen LogP contribution in [0, 0.1) is 5.82 Å². The molecule has 188 valence electrons. The van der Waals surface area contributed by atoms with E-state index in [1.54, 1.807) is 36.1 Å². The molecule has 3 N–H and O–H groups in total. The number of amides is 2. The van der Waals surface area contributed by atoms with Crippen LogP contribution in [0.1, 0.15) is 39.4 Å². The van der Waals surface area contributed by atoms with E-state index >= 15 is 0 Å². The number of halogens is 3. The average Bonchev–Trinajstić information content (AvgIpc) is 2.88. The van der Waals surface area contributed by atoms with Gasteiger partial charge in [0.25, 0.3) is 11.8 Å². The van der Waals surface area contributed by atoms with E-state index in [2.05, 4.69) is 15.5 Å². The molecule has 1 saturated heterocycles. The van der Waals surface area contributed by atoms with Crippen LogP contribution in [0.15, 0.2) is 42.5 Å². The first-order chi connectivity index (χ1) is 17.2. The van der Waals surface area contributed by atoms with Gasteiger partial charge in [0.1, 0.15) is 11.9 Å². The molecule has 36 heavy (non-hydrogen) atoms. The summed E-state index contributed by atoms with van der Waals surface area (Å²) in [5, 5.41) is 10.3. The zero-order chi connectivity index (χ0) is 25.8. The summed E-state index contributed by atoms with van der Waals surface area (Å²) < 4.78 is 25.0. The third kappa shape index (κ3) is 5.67. The Morgan fingerprint density at radius 2 is 1.83 bits per heavy atom. The standard InChI is InChI=1S/C24H22Cl2FN5O4/c1-13(20-16(25)6-7-17(27)21(20)26)36-19-12-18(30-31-22(19)28)23(33)29-15-4-2-14(3-5-15)24(34)32-8-10-35-11-9-32/h2-7,12-13H,8-11H2,1H3,(H2,28,31)(H,29,33). The lowest BCUT2D eigenvalue weighted by Crippen LogP contribution is -2.40. The van der Waals surface area contributed by atoms with Crippen LogP contribution in [0.25, 0.3) is 0 Å². The molecule has 1 aliphatic heterocycles. The minimum absolute atomic E-state index is 0.0468. The Morgan fingerprint density at radius 3 is 2.53 bits per heavy atom. The van der Waals surface area contributed by atoms with Crippen LogP contribution >= 0.6 is 23.2 Å². The Kier molecular flexibility index (Phi) is 7.88. The largest absolute Gasteiger partial charge is 0.482 e. The summed E-state index contributed by atoms with van der Waals surface area (Å²) in [6.07, 6.45) is -0.806. The molecule has 0 radical (unpaired) electrons. The van der Waals surface area contributed by atoms with Crippen molar-refractivity contribution < 1.29 is 23.5 Å². The second-order valence-electron chi connectivity index (χ2n) is 7.93. The molecule has 2 heterocycles. The van der Waals surface area contributed by atoms with Crippen LogP contribution < -0.4 is 15.8 Å². The van der Waals surface area contributed by atoms with Gasteiger partial charge in [-0.05, 0) is 43.3 Å². The number of carbonyl (C=O) groups is 2. The zero-order valence-electron chi connectivity index (χ0n) is 19.1. The summed E-state index contributed by atoms with van der Waals surface area (Å²) in [5.74, 6) is -1.35. The van der Waals surface area contributed by atoms with Gasteiger partial charge in [0, 0.05) is 41.0 Å². The van der Waals surface area contributed by atoms with Crippen molar-refractivity contribution in [3.8, 4) is 5.75 Å². The zero-order valence-corrected chi connectivity index (χ0v) is 20.6. The number of nitrogens with two attached hydrogens (primary N) is 1. The highest BCUT2D eigenvalue weighted by atomic mass is 35.5. The minimum Gasteiger partial charge on any atom is -0.482 e. The topological polar surface area (TPSA) is 120 Å². The predicted molar refractivity (Wildman–Crippen MR) is 133 cm³/mol. The summed E-state index contributed by atoms with van der Waals surface area (Å²) in [5.41, 5.74) is 6.97. The maximum absolute atomic E-state index is 13.9. The van der Waals surface area contributed by atoms with Crippen LogP contribution in [0.4, 0.5) is 15.9 Å². The number of anilines is 2. The summed E-state index contributed by atoms with van der Waals surface area (Å²) in [6.45, 7) is 3.69. The summed E-state index contributed by atoms with van der Waals surface area (Å²) in [7, 11) is 0. The SMILES string of the molecule is CC(Oc1cc(C(=O)Nc2ccc(C(=O)N3CCOCC3)cc2)nnc1N)c1c(Cl)ccc(F)c1Cl. The van der Waals surface area contributed by atoms with Crippen LogP contribution in [-0.2, 0) is 4.74 Å². The summed E-state index contributed by atoms with van der Waals surface area (Å²) >= 11 is 12.2. The number of nitrogen functional groups attached to an aromatic ring is 1. The molecular weight excluding hydrogens is 512 g/mol. The first kappa shape index (κ1) is 25.6. The van der Waals surface area contributed by atoms with Crippen LogP contribution in [-0.4, -0.2) is 53.2 Å². The Hall–Kier alpha value is -3.47. The van der Waals surface area contributed by atoms with Gasteiger partial charge in [0.2, 0.25) is 0 Å². The van der Waals surface area contributed by atoms with Gasteiger partial charge in [-0.15, -0.1) is 10.2 Å². The molecule has 1 aromatic heterocycles. The summed E-state index contributed by atoms with van der Waals surface area (Å²) in [4.78, 5) is 27.1. The molecule has 1 atom stereocenters. The van der Waals surface area contributed by atoms with Crippen molar-refractivity contribution in [3.63, 3.8) is 0 Å². The smallest absolute Gasteiger partial charge is 0.276 e. The van der Waals surface area contributed by atoms with Crippen molar-refractivity contribution >= 4 is 46.5 Å². The van der Waals surface area contributed by atoms with Crippen molar-refractivity contribution in [2.24, 2.45) is 0 Å². The second-order valence-corrected chi connectivity index (χ2v) is 8.72. The van der Waals surface area contributed by atoms with Crippen LogP contribution in [0.5, 0.6) is 5.75 Å². The molecule has 9 nitrogen and oxygen atoms in total. The Labute approximate surface area is 216 Å². The first-order valence-corrected chi connectivity index (χ1v) is 11.7. The number of morpholine rings is 1. The molecule has 2 amide bonds. The van der Waals surface area contributed by atoms with E-state index in [9.17, 15) is 14.0 Å². The normalized spacial score (nSPS) is 14.3. The third-order valence-corrected chi connectivity index (χ3v) is 6.21. The van der Waals surface area contributed by atoms with E-state index in [1.807, 2.05) is 0 Å². The highest BCUT2D eigenvalue weighted by Crippen LogP contribution is 2.35. The molecule has 0 bridgehead atoms. The maximum Gasteiger partial charge on any atom is 0.276 e. The molecule has 2 aromatic carbocycles. The fourth-order valence-corrected chi connectivity index (χ4v) is 4.27. The van der Waals surface area contributed by atoms with Crippen molar-refractivity contribution in [2.75, 3.05) is 37.4 Å². The van der Waals surface area contributed by atoms with E-state index in [4.69, 9.17) is 38.4 Å². The monoisotopic (exact) mass is 533 g/mol. The Morgan fingerprint density at radius 1 is 1.14 bits per heavy atom. The van der Waals surface area contributed by atoms with Crippen LogP contribution in [0.2, 0.25) is 10.0 Å². The van der Waals surface area contributed by atoms with Gasteiger partial charge in [-0.1, -0.05) is 23.2 Å². The number of rotatable bonds is 6. The molecule has 0 aliphatic carbocycles. The van der Waals surface area contributed by atoms with Gasteiger partial charge < -0.3 is 25.4 Å². The molecule has 4 rings (SSSR count). The molecule has 0 spiro atoms. The second kappa shape index (κ2) is 11.1. The number of benzene rings is 2. The molecule has 1 aliphatic rings. The Balaban J connectivity index is 1.45. The summed E-state index contributed by atoms with van der Waals surface area (Å²) in [6, 6.07) is 10.3. The van der Waals surface area contributed by atoms with Gasteiger partial charge in [-0.3, -0.25) is 9.59 Å². The van der Waals surface area contributed by atoms with Crippen molar-refractivity contribution in [1.82, 2.24) is 15.1 Å². The van der Waals surface area contributed by atoms with Gasteiger partial charge in [0.05, 0.1) is 18.2 Å². The number of ether oxygens (including phenoxy) is 2. The highest BCUT2D eigenvalue weighted by molar-refractivity contribution is 6.36. The van der Waals surface area contributed by atoms with Gasteiger partial charge in [0.15, 0.2) is 17.3 Å². The van der Waals surface area contributed by atoms with Gasteiger partial charge in [-0.25, -0.2) is 4.39 Å². The number of hydrogen-bond donors (Lipinski definition) is 2.